The van der Waals surface area contributed by atoms with E-state index in [9.17, 15) is 13.2 Å². The molecule has 1 atom stereocenters. The van der Waals surface area contributed by atoms with E-state index in [1.807, 2.05) is 18.2 Å². The van der Waals surface area contributed by atoms with Gasteiger partial charge in [0, 0.05) is 24.7 Å². The highest BCUT2D eigenvalue weighted by Gasteiger charge is 2.31. The number of carbonyl (C=O) groups is 1. The average molecular weight is 345 g/mol. The topological polar surface area (TPSA) is 66.5 Å². The molecule has 1 fully saturated rings. The molecule has 2 rings (SSSR count). The molecule has 1 N–H and O–H groups in total. The Balaban J connectivity index is 1.94. The summed E-state index contributed by atoms with van der Waals surface area (Å²) < 4.78 is 25.3. The highest BCUT2D eigenvalue weighted by molar-refractivity contribution is 7.89. The van der Waals surface area contributed by atoms with Crippen molar-refractivity contribution in [1.82, 2.24) is 9.62 Å². The summed E-state index contributed by atoms with van der Waals surface area (Å²) >= 11 is 6.06. The highest BCUT2D eigenvalue weighted by atomic mass is 35.5. The third-order valence-electron chi connectivity index (χ3n) is 3.92. The molecule has 1 aromatic rings. The van der Waals surface area contributed by atoms with Gasteiger partial charge in [-0.1, -0.05) is 29.8 Å². The second-order valence-corrected chi connectivity index (χ2v) is 8.07. The minimum absolute atomic E-state index is 0.0704. The van der Waals surface area contributed by atoms with Crippen molar-refractivity contribution in [3.05, 3.63) is 34.9 Å². The van der Waals surface area contributed by atoms with Gasteiger partial charge in [-0.15, -0.1) is 0 Å². The summed E-state index contributed by atoms with van der Waals surface area (Å²) in [5, 5.41) is 3.47. The molecule has 22 heavy (non-hydrogen) atoms. The van der Waals surface area contributed by atoms with Crippen LogP contribution in [-0.2, 0) is 21.4 Å². The minimum atomic E-state index is -3.23. The van der Waals surface area contributed by atoms with Crippen LogP contribution in [0.4, 0.5) is 0 Å². The van der Waals surface area contributed by atoms with E-state index < -0.39 is 10.0 Å². The molecule has 0 radical (unpaired) electrons. The maximum absolute atomic E-state index is 12.3. The summed E-state index contributed by atoms with van der Waals surface area (Å²) in [6, 6.07) is 7.34. The first-order valence-corrected chi connectivity index (χ1v) is 9.41. The van der Waals surface area contributed by atoms with Crippen LogP contribution in [0.15, 0.2) is 24.3 Å². The normalized spacial score (nSPS) is 19.8. The zero-order valence-electron chi connectivity index (χ0n) is 12.6. The number of nitrogens with zero attached hydrogens (tertiary/aromatic N) is 1. The van der Waals surface area contributed by atoms with Gasteiger partial charge in [0.05, 0.1) is 11.7 Å². The predicted molar refractivity (Wildman–Crippen MR) is 87.1 cm³/mol. The van der Waals surface area contributed by atoms with Gasteiger partial charge in [-0.25, -0.2) is 12.7 Å². The Hall–Kier alpha value is -1.11. The number of carbonyl (C=O) groups excluding carboxylic acids is 1. The Morgan fingerprint density at radius 2 is 2.14 bits per heavy atom. The summed E-state index contributed by atoms with van der Waals surface area (Å²) in [5.41, 5.74) is 0.853. The van der Waals surface area contributed by atoms with Gasteiger partial charge >= 0.3 is 0 Å². The Bertz CT molecular complexity index is 633. The first-order chi connectivity index (χ1) is 10.4. The van der Waals surface area contributed by atoms with E-state index in [-0.39, 0.29) is 24.1 Å². The number of piperidine rings is 1. The molecule has 1 aliphatic heterocycles. The molecule has 1 aliphatic rings. The van der Waals surface area contributed by atoms with Crippen molar-refractivity contribution in [1.29, 1.82) is 0 Å². The van der Waals surface area contributed by atoms with Crippen LogP contribution in [0.3, 0.4) is 0 Å². The zero-order valence-corrected chi connectivity index (χ0v) is 14.2. The van der Waals surface area contributed by atoms with E-state index >= 15 is 0 Å². The van der Waals surface area contributed by atoms with Crippen molar-refractivity contribution in [3.63, 3.8) is 0 Å². The molecule has 1 aromatic carbocycles. The van der Waals surface area contributed by atoms with Crippen LogP contribution in [0.1, 0.15) is 25.3 Å². The van der Waals surface area contributed by atoms with Crippen LogP contribution >= 0.6 is 11.6 Å². The first-order valence-electron chi connectivity index (χ1n) is 7.43. The van der Waals surface area contributed by atoms with Crippen LogP contribution in [0.5, 0.6) is 0 Å². The third kappa shape index (κ3) is 4.21. The second-order valence-electron chi connectivity index (χ2n) is 5.41. The van der Waals surface area contributed by atoms with Gasteiger partial charge in [-0.3, -0.25) is 4.79 Å². The van der Waals surface area contributed by atoms with Crippen LogP contribution < -0.4 is 5.32 Å². The molecule has 7 heteroatoms. The van der Waals surface area contributed by atoms with Gasteiger partial charge < -0.3 is 5.32 Å². The molecule has 122 valence electrons. The Morgan fingerprint density at radius 1 is 1.41 bits per heavy atom. The summed E-state index contributed by atoms with van der Waals surface area (Å²) in [7, 11) is -3.23. The lowest BCUT2D eigenvalue weighted by Crippen LogP contribution is -2.45. The van der Waals surface area contributed by atoms with Crippen LogP contribution in [-0.4, -0.2) is 37.5 Å². The molecule has 0 saturated carbocycles. The number of hydrogen-bond acceptors (Lipinski definition) is 3. The third-order valence-corrected chi connectivity index (χ3v) is 6.14. The molecule has 5 nitrogen and oxygen atoms in total. The van der Waals surface area contributed by atoms with Crippen LogP contribution in [0.2, 0.25) is 5.02 Å². The van der Waals surface area contributed by atoms with E-state index in [0.29, 0.717) is 31.0 Å². The lowest BCUT2D eigenvalue weighted by atomic mass is 9.99. The number of sulfonamides is 1. The van der Waals surface area contributed by atoms with E-state index in [2.05, 4.69) is 5.32 Å². The van der Waals surface area contributed by atoms with Crippen molar-refractivity contribution in [3.8, 4) is 0 Å². The van der Waals surface area contributed by atoms with Gasteiger partial charge in [0.15, 0.2) is 0 Å². The fourth-order valence-corrected chi connectivity index (χ4v) is 3.94. The van der Waals surface area contributed by atoms with Gasteiger partial charge in [0.25, 0.3) is 0 Å². The highest BCUT2D eigenvalue weighted by Crippen LogP contribution is 2.20. The number of hydrogen-bond donors (Lipinski definition) is 1. The molecule has 0 unspecified atom stereocenters. The SMILES string of the molecule is CCS(=O)(=O)N1CCC[C@@H](C(=O)NCc2ccccc2Cl)C1. The second kappa shape index (κ2) is 7.44. The first kappa shape index (κ1) is 17.2. The summed E-state index contributed by atoms with van der Waals surface area (Å²) in [6.07, 6.45) is 1.42. The van der Waals surface area contributed by atoms with Crippen molar-refractivity contribution in [2.75, 3.05) is 18.8 Å². The number of benzene rings is 1. The average Bonchev–Trinajstić information content (AvgIpc) is 2.54. The van der Waals surface area contributed by atoms with E-state index in [4.69, 9.17) is 11.6 Å². The van der Waals surface area contributed by atoms with Gasteiger partial charge in [0.2, 0.25) is 15.9 Å². The van der Waals surface area contributed by atoms with Crippen LogP contribution in [0.25, 0.3) is 0 Å². The fraction of sp³-hybridized carbons (Fsp3) is 0.533. The lowest BCUT2D eigenvalue weighted by Gasteiger charge is -2.30. The molecular weight excluding hydrogens is 324 g/mol. The molecule has 0 aliphatic carbocycles. The zero-order chi connectivity index (χ0) is 16.2. The van der Waals surface area contributed by atoms with E-state index in [1.165, 1.54) is 4.31 Å². The van der Waals surface area contributed by atoms with Crippen molar-refractivity contribution >= 4 is 27.5 Å². The number of halogens is 1. The fourth-order valence-electron chi connectivity index (χ4n) is 2.56. The Morgan fingerprint density at radius 3 is 2.82 bits per heavy atom. The smallest absolute Gasteiger partial charge is 0.224 e. The molecule has 0 spiro atoms. The van der Waals surface area contributed by atoms with E-state index in [1.54, 1.807) is 13.0 Å². The minimum Gasteiger partial charge on any atom is -0.352 e. The van der Waals surface area contributed by atoms with E-state index in [0.717, 1.165) is 5.56 Å². The summed E-state index contributed by atoms with van der Waals surface area (Å²) in [4.78, 5) is 12.3. The van der Waals surface area contributed by atoms with Gasteiger partial charge in [0.1, 0.15) is 0 Å². The van der Waals surface area contributed by atoms with Crippen LogP contribution in [0, 0.1) is 5.92 Å². The maximum Gasteiger partial charge on any atom is 0.224 e. The lowest BCUT2D eigenvalue weighted by molar-refractivity contribution is -0.126. The molecule has 0 bridgehead atoms. The standard InChI is InChI=1S/C15H21ClN2O3S/c1-2-22(20,21)18-9-5-7-13(11-18)15(19)17-10-12-6-3-4-8-14(12)16/h3-4,6,8,13H,2,5,7,9-11H2,1H3,(H,17,19)/t13-/m1/s1. The molecule has 0 aromatic heterocycles. The Kier molecular flexibility index (Phi) is 5.83. The predicted octanol–water partition coefficient (Wildman–Crippen LogP) is 2.02. The summed E-state index contributed by atoms with van der Waals surface area (Å²) in [5.74, 6) is -0.338. The van der Waals surface area contributed by atoms with Crippen molar-refractivity contribution in [2.45, 2.75) is 26.3 Å². The van der Waals surface area contributed by atoms with Crippen molar-refractivity contribution in [2.24, 2.45) is 5.92 Å². The quantitative estimate of drug-likeness (QED) is 0.888. The molecule has 1 heterocycles. The van der Waals surface area contributed by atoms with Crippen molar-refractivity contribution < 1.29 is 13.2 Å². The van der Waals surface area contributed by atoms with Gasteiger partial charge in [-0.2, -0.15) is 0 Å². The number of rotatable bonds is 5. The summed E-state index contributed by atoms with van der Waals surface area (Å²) in [6.45, 7) is 2.75. The van der Waals surface area contributed by atoms with Gasteiger partial charge in [-0.05, 0) is 31.4 Å². The largest absolute Gasteiger partial charge is 0.352 e. The Labute approximate surface area is 136 Å². The maximum atomic E-state index is 12.3. The number of nitrogens with one attached hydrogen (secondary N) is 1. The molecular formula is C15H21ClN2O3S. The monoisotopic (exact) mass is 344 g/mol. The molecule has 1 saturated heterocycles. The number of amides is 1. The molecule has 1 amide bonds.